The molecule has 2 aliphatic rings. The average Bonchev–Trinajstić information content (AvgIpc) is 3.07. The van der Waals surface area contributed by atoms with Crippen LogP contribution in [0.3, 0.4) is 0 Å². The Morgan fingerprint density at radius 3 is 2.89 bits per heavy atom. The van der Waals surface area contributed by atoms with Crippen molar-refractivity contribution in [2.75, 3.05) is 6.54 Å². The van der Waals surface area contributed by atoms with Crippen LogP contribution < -0.4 is 5.32 Å². The van der Waals surface area contributed by atoms with Gasteiger partial charge in [0.15, 0.2) is 5.69 Å². The molecule has 0 aromatic carbocycles. The first-order valence-electron chi connectivity index (χ1n) is 6.78. The van der Waals surface area contributed by atoms with Gasteiger partial charge in [0.25, 0.3) is 5.91 Å². The van der Waals surface area contributed by atoms with Gasteiger partial charge < -0.3 is 10.2 Å². The molecule has 1 saturated carbocycles. The van der Waals surface area contributed by atoms with Gasteiger partial charge in [0.05, 0.1) is 0 Å². The molecule has 1 aromatic heterocycles. The molecule has 2 N–H and O–H groups in total. The number of hydrogen-bond acceptors (Lipinski definition) is 3. The summed E-state index contributed by atoms with van der Waals surface area (Å²) in [4.78, 5) is 14.6. The second-order valence-electron chi connectivity index (χ2n) is 5.49. The predicted octanol–water partition coefficient (Wildman–Crippen LogP) is 1.07. The molecule has 0 unspecified atom stereocenters. The number of aromatic amines is 1. The van der Waals surface area contributed by atoms with E-state index < -0.39 is 0 Å². The summed E-state index contributed by atoms with van der Waals surface area (Å²) in [5.74, 6) is 0.0914. The number of nitrogens with one attached hydrogen (secondary N) is 2. The van der Waals surface area contributed by atoms with Crippen LogP contribution >= 0.6 is 0 Å². The molecule has 0 spiro atoms. The first kappa shape index (κ1) is 11.7. The lowest BCUT2D eigenvalue weighted by atomic mass is 10.1. The number of carbonyl (C=O) groups excluding carboxylic acids is 1. The highest BCUT2D eigenvalue weighted by Gasteiger charge is 2.37. The van der Waals surface area contributed by atoms with Crippen LogP contribution in [-0.4, -0.2) is 39.6 Å². The van der Waals surface area contributed by atoms with Crippen molar-refractivity contribution < 1.29 is 4.79 Å². The zero-order valence-electron chi connectivity index (χ0n) is 11.0. The molecule has 1 amide bonds. The van der Waals surface area contributed by atoms with Crippen molar-refractivity contribution in [3.8, 4) is 0 Å². The molecule has 1 aliphatic carbocycles. The van der Waals surface area contributed by atoms with Crippen molar-refractivity contribution in [2.24, 2.45) is 0 Å². The van der Waals surface area contributed by atoms with Crippen LogP contribution in [0.5, 0.6) is 0 Å². The average molecular weight is 248 g/mol. The Labute approximate surface area is 107 Å². The first-order chi connectivity index (χ1) is 8.68. The molecule has 0 saturated heterocycles. The lowest BCUT2D eigenvalue weighted by molar-refractivity contribution is 0.0682. The van der Waals surface area contributed by atoms with E-state index in [0.29, 0.717) is 11.7 Å². The summed E-state index contributed by atoms with van der Waals surface area (Å²) >= 11 is 0. The van der Waals surface area contributed by atoms with E-state index in [9.17, 15) is 4.79 Å². The first-order valence-corrected chi connectivity index (χ1v) is 6.78. The van der Waals surface area contributed by atoms with Gasteiger partial charge in [-0.3, -0.25) is 9.89 Å². The Morgan fingerprint density at radius 2 is 2.22 bits per heavy atom. The molecular weight excluding hydrogens is 228 g/mol. The topological polar surface area (TPSA) is 61.0 Å². The number of rotatable bonds is 3. The van der Waals surface area contributed by atoms with Gasteiger partial charge in [-0.05, 0) is 26.7 Å². The van der Waals surface area contributed by atoms with E-state index in [1.807, 2.05) is 4.90 Å². The minimum atomic E-state index is 0.0914. The molecule has 2 heterocycles. The molecule has 5 nitrogen and oxygen atoms in total. The van der Waals surface area contributed by atoms with Crippen LogP contribution in [0.2, 0.25) is 0 Å². The minimum absolute atomic E-state index is 0.0914. The fourth-order valence-corrected chi connectivity index (χ4v) is 2.70. The van der Waals surface area contributed by atoms with Gasteiger partial charge in [0, 0.05) is 42.9 Å². The highest BCUT2D eigenvalue weighted by molar-refractivity contribution is 5.94. The van der Waals surface area contributed by atoms with Gasteiger partial charge in [-0.1, -0.05) is 0 Å². The number of aromatic nitrogens is 2. The Bertz CT molecular complexity index is 460. The van der Waals surface area contributed by atoms with Crippen molar-refractivity contribution in [3.05, 3.63) is 17.0 Å². The standard InChI is InChI=1S/C13H20N4O/c1-8(2)17(9-3-4-9)13(18)12-10-7-14-6-5-11(10)15-16-12/h8-9,14H,3-7H2,1-2H3,(H,15,16). The molecule has 98 valence electrons. The summed E-state index contributed by atoms with van der Waals surface area (Å²) in [5, 5.41) is 10.6. The maximum absolute atomic E-state index is 12.6. The summed E-state index contributed by atoms with van der Waals surface area (Å²) in [6.07, 6.45) is 3.20. The second-order valence-corrected chi connectivity index (χ2v) is 5.49. The Morgan fingerprint density at radius 1 is 1.44 bits per heavy atom. The van der Waals surface area contributed by atoms with E-state index in [2.05, 4.69) is 29.4 Å². The number of nitrogens with zero attached hydrogens (tertiary/aromatic N) is 2. The fourth-order valence-electron chi connectivity index (χ4n) is 2.70. The summed E-state index contributed by atoms with van der Waals surface area (Å²) in [6.45, 7) is 5.87. The van der Waals surface area contributed by atoms with E-state index in [1.165, 1.54) is 0 Å². The molecule has 18 heavy (non-hydrogen) atoms. The highest BCUT2D eigenvalue weighted by atomic mass is 16.2. The molecule has 0 bridgehead atoms. The third-order valence-electron chi connectivity index (χ3n) is 3.74. The van der Waals surface area contributed by atoms with Crippen molar-refractivity contribution >= 4 is 5.91 Å². The van der Waals surface area contributed by atoms with E-state index in [0.717, 1.165) is 43.6 Å². The number of amides is 1. The molecule has 1 fully saturated rings. The van der Waals surface area contributed by atoms with Gasteiger partial charge in [-0.2, -0.15) is 5.10 Å². The van der Waals surface area contributed by atoms with Crippen LogP contribution in [0.15, 0.2) is 0 Å². The number of H-pyrrole nitrogens is 1. The quantitative estimate of drug-likeness (QED) is 0.841. The lowest BCUT2D eigenvalue weighted by Gasteiger charge is -2.26. The lowest BCUT2D eigenvalue weighted by Crippen LogP contribution is -2.39. The largest absolute Gasteiger partial charge is 0.332 e. The third-order valence-corrected chi connectivity index (χ3v) is 3.74. The van der Waals surface area contributed by atoms with Crippen molar-refractivity contribution in [1.29, 1.82) is 0 Å². The molecule has 0 radical (unpaired) electrons. The maximum atomic E-state index is 12.6. The number of fused-ring (bicyclic) bond motifs is 1. The SMILES string of the molecule is CC(C)N(C(=O)c1n[nH]c2c1CNCC2)C1CC1. The summed E-state index contributed by atoms with van der Waals surface area (Å²) in [5.41, 5.74) is 2.81. The summed E-state index contributed by atoms with van der Waals surface area (Å²) < 4.78 is 0. The molecule has 3 rings (SSSR count). The van der Waals surface area contributed by atoms with Crippen LogP contribution in [0.1, 0.15) is 48.4 Å². The molecule has 1 aromatic rings. The highest BCUT2D eigenvalue weighted by Crippen LogP contribution is 2.30. The van der Waals surface area contributed by atoms with Gasteiger partial charge in [-0.15, -0.1) is 0 Å². The van der Waals surface area contributed by atoms with Gasteiger partial charge in [0.2, 0.25) is 0 Å². The minimum Gasteiger partial charge on any atom is -0.332 e. The zero-order chi connectivity index (χ0) is 12.7. The predicted molar refractivity (Wildman–Crippen MR) is 68.3 cm³/mol. The van der Waals surface area contributed by atoms with Gasteiger partial charge >= 0.3 is 0 Å². The van der Waals surface area contributed by atoms with Crippen molar-refractivity contribution in [2.45, 2.75) is 51.7 Å². The van der Waals surface area contributed by atoms with Crippen LogP contribution in [-0.2, 0) is 13.0 Å². The van der Waals surface area contributed by atoms with E-state index >= 15 is 0 Å². The van der Waals surface area contributed by atoms with Gasteiger partial charge in [0.1, 0.15) is 0 Å². The Balaban J connectivity index is 1.89. The van der Waals surface area contributed by atoms with Gasteiger partial charge in [-0.25, -0.2) is 0 Å². The summed E-state index contributed by atoms with van der Waals surface area (Å²) in [7, 11) is 0. The third kappa shape index (κ3) is 1.92. The smallest absolute Gasteiger partial charge is 0.275 e. The molecular formula is C13H20N4O. The van der Waals surface area contributed by atoms with E-state index in [4.69, 9.17) is 0 Å². The molecule has 1 aliphatic heterocycles. The summed E-state index contributed by atoms with van der Waals surface area (Å²) in [6, 6.07) is 0.676. The molecule has 0 atom stereocenters. The van der Waals surface area contributed by atoms with E-state index in [-0.39, 0.29) is 11.9 Å². The van der Waals surface area contributed by atoms with E-state index in [1.54, 1.807) is 0 Å². The van der Waals surface area contributed by atoms with Crippen LogP contribution in [0, 0.1) is 0 Å². The number of hydrogen-bond donors (Lipinski definition) is 2. The fraction of sp³-hybridized carbons (Fsp3) is 0.692. The van der Waals surface area contributed by atoms with Crippen molar-refractivity contribution in [1.82, 2.24) is 20.4 Å². The maximum Gasteiger partial charge on any atom is 0.275 e. The number of carbonyl (C=O) groups is 1. The Kier molecular flexibility index (Phi) is 2.86. The van der Waals surface area contributed by atoms with Crippen molar-refractivity contribution in [3.63, 3.8) is 0 Å². The van der Waals surface area contributed by atoms with Crippen LogP contribution in [0.25, 0.3) is 0 Å². The monoisotopic (exact) mass is 248 g/mol. The molecule has 5 heteroatoms. The normalized spacial score (nSPS) is 18.8. The Hall–Kier alpha value is -1.36. The van der Waals surface area contributed by atoms with Crippen LogP contribution in [0.4, 0.5) is 0 Å². The zero-order valence-corrected chi connectivity index (χ0v) is 11.0. The second kappa shape index (κ2) is 4.39.